The molecule has 1 aromatic heterocycles. The van der Waals surface area contributed by atoms with Crippen molar-refractivity contribution in [2.75, 3.05) is 6.54 Å². The van der Waals surface area contributed by atoms with Crippen molar-refractivity contribution in [1.82, 2.24) is 9.78 Å². The molecule has 2 rings (SSSR count). The number of halogens is 2. The van der Waals surface area contributed by atoms with Gasteiger partial charge in [-0.2, -0.15) is 5.10 Å². The number of nitrogens with zero attached hydrogens (tertiary/aromatic N) is 2. The Labute approximate surface area is 128 Å². The van der Waals surface area contributed by atoms with E-state index in [-0.39, 0.29) is 12.4 Å². The normalized spacial score (nSPS) is 10.9. The van der Waals surface area contributed by atoms with E-state index in [1.54, 1.807) is 10.7 Å². The standard InChI is InChI=1S/C15H19ClFN3O/c1-3-20-13(15(16)10(2)19-20)9-21-14-5-4-11(6-7-18)8-12(14)17/h4-5,8H,3,6-7,9,18H2,1-2H3. The number of hydrogen-bond acceptors (Lipinski definition) is 3. The van der Waals surface area contributed by atoms with Crippen LogP contribution in [0.2, 0.25) is 5.02 Å². The maximum atomic E-state index is 13.9. The lowest BCUT2D eigenvalue weighted by molar-refractivity contribution is 0.278. The monoisotopic (exact) mass is 311 g/mol. The molecule has 6 heteroatoms. The van der Waals surface area contributed by atoms with E-state index in [1.165, 1.54) is 6.07 Å². The van der Waals surface area contributed by atoms with Crippen LogP contribution in [0, 0.1) is 12.7 Å². The maximum absolute atomic E-state index is 13.9. The van der Waals surface area contributed by atoms with Gasteiger partial charge >= 0.3 is 0 Å². The number of benzene rings is 1. The second-order valence-corrected chi connectivity index (χ2v) is 5.13. The van der Waals surface area contributed by atoms with Crippen molar-refractivity contribution in [2.24, 2.45) is 5.73 Å². The molecule has 0 atom stereocenters. The van der Waals surface area contributed by atoms with E-state index in [1.807, 2.05) is 19.9 Å². The van der Waals surface area contributed by atoms with Gasteiger partial charge in [-0.25, -0.2) is 4.39 Å². The van der Waals surface area contributed by atoms with Crippen molar-refractivity contribution in [3.63, 3.8) is 0 Å². The molecule has 0 aliphatic heterocycles. The molecular weight excluding hydrogens is 293 g/mol. The van der Waals surface area contributed by atoms with Crippen molar-refractivity contribution >= 4 is 11.6 Å². The Morgan fingerprint density at radius 1 is 1.43 bits per heavy atom. The zero-order chi connectivity index (χ0) is 15.4. The van der Waals surface area contributed by atoms with E-state index in [0.29, 0.717) is 24.5 Å². The first-order valence-corrected chi connectivity index (χ1v) is 7.27. The molecule has 0 aliphatic rings. The van der Waals surface area contributed by atoms with Crippen LogP contribution in [0.3, 0.4) is 0 Å². The Bertz CT molecular complexity index is 628. The maximum Gasteiger partial charge on any atom is 0.165 e. The van der Waals surface area contributed by atoms with Gasteiger partial charge in [-0.3, -0.25) is 4.68 Å². The van der Waals surface area contributed by atoms with Gasteiger partial charge in [0.05, 0.1) is 16.4 Å². The van der Waals surface area contributed by atoms with Crippen LogP contribution in [0.25, 0.3) is 0 Å². The summed E-state index contributed by atoms with van der Waals surface area (Å²) in [6, 6.07) is 4.88. The first-order valence-electron chi connectivity index (χ1n) is 6.89. The summed E-state index contributed by atoms with van der Waals surface area (Å²) in [5.41, 5.74) is 7.81. The average molecular weight is 312 g/mol. The molecule has 21 heavy (non-hydrogen) atoms. The van der Waals surface area contributed by atoms with Crippen LogP contribution >= 0.6 is 11.6 Å². The summed E-state index contributed by atoms with van der Waals surface area (Å²) >= 11 is 6.19. The van der Waals surface area contributed by atoms with Crippen LogP contribution in [0.1, 0.15) is 23.9 Å². The molecule has 1 aromatic carbocycles. The van der Waals surface area contributed by atoms with Crippen molar-refractivity contribution in [3.8, 4) is 5.75 Å². The molecule has 0 saturated carbocycles. The minimum atomic E-state index is -0.392. The van der Waals surface area contributed by atoms with Gasteiger partial charge < -0.3 is 10.5 Å². The average Bonchev–Trinajstić information content (AvgIpc) is 2.74. The number of hydrogen-bond donors (Lipinski definition) is 1. The van der Waals surface area contributed by atoms with Gasteiger partial charge in [-0.05, 0) is 44.5 Å². The third-order valence-electron chi connectivity index (χ3n) is 3.25. The minimum absolute atomic E-state index is 0.181. The highest BCUT2D eigenvalue weighted by atomic mass is 35.5. The molecule has 0 aliphatic carbocycles. The van der Waals surface area contributed by atoms with E-state index in [9.17, 15) is 4.39 Å². The van der Waals surface area contributed by atoms with E-state index in [2.05, 4.69) is 5.10 Å². The molecular formula is C15H19ClFN3O. The van der Waals surface area contributed by atoms with E-state index < -0.39 is 5.82 Å². The summed E-state index contributed by atoms with van der Waals surface area (Å²) in [5, 5.41) is 4.87. The Kier molecular flexibility index (Phi) is 5.20. The van der Waals surface area contributed by atoms with Crippen molar-refractivity contribution in [1.29, 1.82) is 0 Å². The van der Waals surface area contributed by atoms with Gasteiger partial charge in [0, 0.05) is 6.54 Å². The highest BCUT2D eigenvalue weighted by Crippen LogP contribution is 2.24. The molecule has 0 bridgehead atoms. The number of aromatic nitrogens is 2. The van der Waals surface area contributed by atoms with Crippen LogP contribution < -0.4 is 10.5 Å². The predicted octanol–water partition coefficient (Wildman–Crippen LogP) is 3.08. The minimum Gasteiger partial charge on any atom is -0.484 e. The second kappa shape index (κ2) is 6.91. The molecule has 0 radical (unpaired) electrons. The molecule has 0 spiro atoms. The molecule has 4 nitrogen and oxygen atoms in total. The zero-order valence-corrected chi connectivity index (χ0v) is 13.0. The smallest absolute Gasteiger partial charge is 0.165 e. The molecule has 2 aromatic rings. The van der Waals surface area contributed by atoms with Gasteiger partial charge in [0.2, 0.25) is 0 Å². The zero-order valence-electron chi connectivity index (χ0n) is 12.2. The molecule has 0 unspecified atom stereocenters. The van der Waals surface area contributed by atoms with E-state index in [0.717, 1.165) is 17.0 Å². The fraction of sp³-hybridized carbons (Fsp3) is 0.400. The number of ether oxygens (including phenoxy) is 1. The van der Waals surface area contributed by atoms with Crippen LogP contribution in [0.15, 0.2) is 18.2 Å². The predicted molar refractivity (Wildman–Crippen MR) is 81.1 cm³/mol. The highest BCUT2D eigenvalue weighted by Gasteiger charge is 2.14. The first kappa shape index (κ1) is 15.8. The topological polar surface area (TPSA) is 53.1 Å². The van der Waals surface area contributed by atoms with Crippen LogP contribution in [0.5, 0.6) is 5.75 Å². The van der Waals surface area contributed by atoms with E-state index in [4.69, 9.17) is 22.1 Å². The SMILES string of the molecule is CCn1nc(C)c(Cl)c1COc1ccc(CCN)cc1F. The summed E-state index contributed by atoms with van der Waals surface area (Å²) < 4.78 is 21.2. The van der Waals surface area contributed by atoms with Crippen LogP contribution in [-0.2, 0) is 19.6 Å². The van der Waals surface area contributed by atoms with Crippen molar-refractivity contribution < 1.29 is 9.13 Å². The van der Waals surface area contributed by atoms with Crippen LogP contribution in [0.4, 0.5) is 4.39 Å². The summed E-state index contributed by atoms with van der Waals surface area (Å²) in [6.45, 7) is 5.16. The fourth-order valence-electron chi connectivity index (χ4n) is 2.14. The number of nitrogens with two attached hydrogens (primary N) is 1. The number of aryl methyl sites for hydroxylation is 2. The van der Waals surface area contributed by atoms with Gasteiger partial charge in [0.25, 0.3) is 0 Å². The van der Waals surface area contributed by atoms with Gasteiger partial charge in [-0.15, -0.1) is 0 Å². The molecule has 1 heterocycles. The first-order chi connectivity index (χ1) is 10.1. The summed E-state index contributed by atoms with van der Waals surface area (Å²) in [6.07, 6.45) is 0.644. The third kappa shape index (κ3) is 3.54. The lowest BCUT2D eigenvalue weighted by Crippen LogP contribution is -2.07. The van der Waals surface area contributed by atoms with E-state index >= 15 is 0 Å². The van der Waals surface area contributed by atoms with Gasteiger partial charge in [0.15, 0.2) is 11.6 Å². The Balaban J connectivity index is 2.13. The summed E-state index contributed by atoms with van der Waals surface area (Å²) in [7, 11) is 0. The lowest BCUT2D eigenvalue weighted by Gasteiger charge is -2.10. The lowest BCUT2D eigenvalue weighted by atomic mass is 10.1. The second-order valence-electron chi connectivity index (χ2n) is 4.75. The molecule has 0 amide bonds. The number of rotatable bonds is 6. The van der Waals surface area contributed by atoms with Gasteiger partial charge in [-0.1, -0.05) is 17.7 Å². The van der Waals surface area contributed by atoms with Crippen molar-refractivity contribution in [2.45, 2.75) is 33.4 Å². The summed E-state index contributed by atoms with van der Waals surface area (Å²) in [4.78, 5) is 0. The van der Waals surface area contributed by atoms with Crippen LogP contribution in [-0.4, -0.2) is 16.3 Å². The van der Waals surface area contributed by atoms with Gasteiger partial charge in [0.1, 0.15) is 6.61 Å². The Hall–Kier alpha value is -1.59. The molecule has 0 saturated heterocycles. The summed E-state index contributed by atoms with van der Waals surface area (Å²) in [5.74, 6) is -0.190. The largest absolute Gasteiger partial charge is 0.484 e. The molecule has 2 N–H and O–H groups in total. The Morgan fingerprint density at radius 3 is 2.81 bits per heavy atom. The van der Waals surface area contributed by atoms with Crippen molar-refractivity contribution in [3.05, 3.63) is 46.0 Å². The molecule has 114 valence electrons. The fourth-order valence-corrected chi connectivity index (χ4v) is 2.33. The highest BCUT2D eigenvalue weighted by molar-refractivity contribution is 6.31. The Morgan fingerprint density at radius 2 is 2.19 bits per heavy atom. The molecule has 0 fully saturated rings. The third-order valence-corrected chi connectivity index (χ3v) is 3.74. The quantitative estimate of drug-likeness (QED) is 0.892.